The molecule has 0 saturated heterocycles. The molecule has 4 nitrogen and oxygen atoms in total. The van der Waals surface area contributed by atoms with E-state index >= 15 is 0 Å². The number of carbonyl (C=O) groups is 2. The van der Waals surface area contributed by atoms with Crippen LogP contribution in [0.5, 0.6) is 5.75 Å². The van der Waals surface area contributed by atoms with E-state index in [4.69, 9.17) is 0 Å². The molecule has 1 N–H and O–H groups in total. The lowest BCUT2D eigenvalue weighted by atomic mass is 10.2. The largest absolute Gasteiger partial charge is 0.465 e. The molecule has 0 fully saturated rings. The maximum atomic E-state index is 12.8. The van der Waals surface area contributed by atoms with Crippen LogP contribution in [0.2, 0.25) is 0 Å². The van der Waals surface area contributed by atoms with Gasteiger partial charge in [-0.15, -0.1) is 0 Å². The molecule has 0 spiro atoms. The van der Waals surface area contributed by atoms with E-state index in [2.05, 4.69) is 4.74 Å². The van der Waals surface area contributed by atoms with Crippen LogP contribution in [0.4, 0.5) is 49.6 Å². The van der Waals surface area contributed by atoms with Gasteiger partial charge in [0.2, 0.25) is 0 Å². The average Bonchev–Trinajstić information content (AvgIpc) is 2.46. The zero-order valence-corrected chi connectivity index (χ0v) is 11.8. The van der Waals surface area contributed by atoms with Crippen molar-refractivity contribution in [3.05, 3.63) is 24.3 Å². The van der Waals surface area contributed by atoms with E-state index in [1.807, 2.05) is 0 Å². The highest BCUT2D eigenvalue weighted by Gasteiger charge is 2.65. The molecule has 0 heterocycles. The monoisotopic (exact) mass is 401 g/mol. The van der Waals surface area contributed by atoms with Crippen molar-refractivity contribution in [3.8, 4) is 5.75 Å². The van der Waals surface area contributed by atoms with Crippen LogP contribution in [0.1, 0.15) is 0 Å². The predicted molar refractivity (Wildman–Crippen MR) is 62.7 cm³/mol. The van der Waals surface area contributed by atoms with Gasteiger partial charge in [0.05, 0.1) is 5.69 Å². The van der Waals surface area contributed by atoms with E-state index in [-0.39, 0.29) is 0 Å². The number of anilines is 1. The fourth-order valence-electron chi connectivity index (χ4n) is 1.27. The molecule has 26 heavy (non-hydrogen) atoms. The van der Waals surface area contributed by atoms with Gasteiger partial charge in [-0.05, 0) is 12.1 Å². The van der Waals surface area contributed by atoms with Crippen molar-refractivity contribution in [2.75, 3.05) is 5.32 Å². The fourth-order valence-corrected chi connectivity index (χ4v) is 1.27. The van der Waals surface area contributed by atoms with Gasteiger partial charge < -0.3 is 10.1 Å². The van der Waals surface area contributed by atoms with Gasteiger partial charge in [0.15, 0.2) is 5.75 Å². The van der Waals surface area contributed by atoms with Gasteiger partial charge >= 0.3 is 36.1 Å². The van der Waals surface area contributed by atoms with Crippen LogP contribution in [-0.2, 0) is 9.59 Å². The topological polar surface area (TPSA) is 55.4 Å². The van der Waals surface area contributed by atoms with Crippen LogP contribution in [0.15, 0.2) is 24.3 Å². The summed E-state index contributed by atoms with van der Waals surface area (Å²) in [6.45, 7) is 0. The average molecular weight is 401 g/mol. The minimum atomic E-state index is -6.36. The number of carbonyl (C=O) groups excluding carboxylic acids is 2. The van der Waals surface area contributed by atoms with Crippen LogP contribution in [-0.4, -0.2) is 36.1 Å². The van der Waals surface area contributed by atoms with Crippen LogP contribution < -0.4 is 10.1 Å². The van der Waals surface area contributed by atoms with Gasteiger partial charge in [-0.1, -0.05) is 12.1 Å². The first kappa shape index (κ1) is 21.5. The Morgan fingerprint density at radius 3 is 1.69 bits per heavy atom. The van der Waals surface area contributed by atoms with E-state index < -0.39 is 47.5 Å². The fraction of sp³-hybridized carbons (Fsp3) is 0.333. The number of hydrogen-bond acceptors (Lipinski definition) is 3. The summed E-state index contributed by atoms with van der Waals surface area (Å²) < 4.78 is 127. The summed E-state index contributed by atoms with van der Waals surface area (Å²) in [5.41, 5.74) is -1.17. The third kappa shape index (κ3) is 4.16. The van der Waals surface area contributed by atoms with Gasteiger partial charge in [-0.2, -0.15) is 43.9 Å². The second-order valence-corrected chi connectivity index (χ2v) is 4.48. The molecule has 0 aromatic heterocycles. The minimum absolute atomic E-state index is 0.478. The van der Waals surface area contributed by atoms with Gasteiger partial charge in [0, 0.05) is 0 Å². The number of alkyl halides is 10. The number of halogens is 10. The molecule has 1 aromatic carbocycles. The highest BCUT2D eigenvalue weighted by Crippen LogP contribution is 2.39. The Morgan fingerprint density at radius 2 is 1.23 bits per heavy atom. The number of ether oxygens (including phenoxy) is 1. The molecule has 0 aliphatic rings. The standard InChI is InChI=1S/C12H5F10NO3/c13-9(14,11(17,18)19)7(24)23-5-3-1-2-4-6(5)26-8(25)10(15,16)12(20,21)22/h1-4H,(H,23,24). The lowest BCUT2D eigenvalue weighted by Crippen LogP contribution is -2.47. The zero-order chi connectivity index (χ0) is 20.6. The molecule has 1 amide bonds. The van der Waals surface area contributed by atoms with Crippen LogP contribution >= 0.6 is 0 Å². The zero-order valence-electron chi connectivity index (χ0n) is 11.8. The van der Waals surface area contributed by atoms with Crippen molar-refractivity contribution in [2.24, 2.45) is 0 Å². The van der Waals surface area contributed by atoms with Gasteiger partial charge in [0.1, 0.15) is 0 Å². The van der Waals surface area contributed by atoms with E-state index in [9.17, 15) is 53.5 Å². The van der Waals surface area contributed by atoms with Gasteiger partial charge in [-0.3, -0.25) is 4.79 Å². The van der Waals surface area contributed by atoms with Gasteiger partial charge in [-0.25, -0.2) is 4.79 Å². The van der Waals surface area contributed by atoms with Crippen molar-refractivity contribution < 1.29 is 58.2 Å². The van der Waals surface area contributed by atoms with E-state index in [0.717, 1.165) is 17.4 Å². The first-order valence-electron chi connectivity index (χ1n) is 6.03. The number of esters is 1. The Labute approximate surface area is 136 Å². The summed E-state index contributed by atoms with van der Waals surface area (Å²) >= 11 is 0. The lowest BCUT2D eigenvalue weighted by molar-refractivity contribution is -0.276. The van der Waals surface area contributed by atoms with E-state index in [0.29, 0.717) is 12.1 Å². The quantitative estimate of drug-likeness (QED) is 0.473. The van der Waals surface area contributed by atoms with Crippen molar-refractivity contribution in [1.82, 2.24) is 0 Å². The molecule has 1 aromatic rings. The second kappa shape index (κ2) is 6.64. The third-order valence-corrected chi connectivity index (χ3v) is 2.59. The predicted octanol–water partition coefficient (Wildman–Crippen LogP) is 3.93. The summed E-state index contributed by atoms with van der Waals surface area (Å²) in [5.74, 6) is -19.4. The summed E-state index contributed by atoms with van der Waals surface area (Å²) in [6, 6.07) is 2.73. The molecule has 0 aliphatic carbocycles. The van der Waals surface area contributed by atoms with E-state index in [1.165, 1.54) is 0 Å². The Morgan fingerprint density at radius 1 is 0.769 bits per heavy atom. The molecule has 1 rings (SSSR count). The molecular formula is C12H5F10NO3. The summed E-state index contributed by atoms with van der Waals surface area (Å²) in [5, 5.41) is 0.941. The molecule has 0 aliphatic heterocycles. The first-order chi connectivity index (χ1) is 11.5. The normalized spacial score (nSPS) is 13.3. The van der Waals surface area contributed by atoms with Crippen LogP contribution in [0.3, 0.4) is 0 Å². The highest BCUT2D eigenvalue weighted by molar-refractivity contribution is 5.98. The summed E-state index contributed by atoms with van der Waals surface area (Å²) in [4.78, 5) is 22.0. The van der Waals surface area contributed by atoms with Crippen molar-refractivity contribution in [2.45, 2.75) is 24.2 Å². The first-order valence-corrected chi connectivity index (χ1v) is 6.03. The van der Waals surface area contributed by atoms with Crippen molar-refractivity contribution in [1.29, 1.82) is 0 Å². The smallest absolute Gasteiger partial charge is 0.420 e. The Balaban J connectivity index is 3.10. The summed E-state index contributed by atoms with van der Waals surface area (Å²) in [6.07, 6.45) is -12.7. The minimum Gasteiger partial charge on any atom is -0.420 e. The number of nitrogens with one attached hydrogen (secondary N) is 1. The molecule has 0 atom stereocenters. The number of amides is 1. The lowest BCUT2D eigenvalue weighted by Gasteiger charge is -2.21. The SMILES string of the molecule is O=C(Nc1ccccc1OC(=O)C(F)(F)C(F)(F)F)C(F)(F)C(F)(F)F. The molecule has 0 unspecified atom stereocenters. The number of para-hydroxylation sites is 2. The molecule has 146 valence electrons. The molecule has 0 bridgehead atoms. The van der Waals surface area contributed by atoms with E-state index in [1.54, 1.807) is 0 Å². The molecule has 0 radical (unpaired) electrons. The molecule has 0 saturated carbocycles. The molecular weight excluding hydrogens is 396 g/mol. The maximum Gasteiger partial charge on any atom is 0.465 e. The van der Waals surface area contributed by atoms with Crippen LogP contribution in [0.25, 0.3) is 0 Å². The Hall–Kier alpha value is -2.54. The Kier molecular flexibility index (Phi) is 5.49. The van der Waals surface area contributed by atoms with Crippen molar-refractivity contribution in [3.63, 3.8) is 0 Å². The summed E-state index contributed by atoms with van der Waals surface area (Å²) in [7, 11) is 0. The second-order valence-electron chi connectivity index (χ2n) is 4.48. The molecule has 14 heteroatoms. The Bertz CT molecular complexity index is 636. The maximum absolute atomic E-state index is 12.8. The highest BCUT2D eigenvalue weighted by atomic mass is 19.4. The number of hydrogen-bond donors (Lipinski definition) is 1. The van der Waals surface area contributed by atoms with Gasteiger partial charge in [0.25, 0.3) is 0 Å². The third-order valence-electron chi connectivity index (χ3n) is 2.59. The van der Waals surface area contributed by atoms with Crippen molar-refractivity contribution >= 4 is 17.6 Å². The number of benzene rings is 1. The number of rotatable bonds is 4. The van der Waals surface area contributed by atoms with Crippen LogP contribution in [0, 0.1) is 0 Å².